The summed E-state index contributed by atoms with van der Waals surface area (Å²) in [5.74, 6) is 0. The summed E-state index contributed by atoms with van der Waals surface area (Å²) in [4.78, 5) is 0. The molecule has 0 unspecified atom stereocenters. The lowest BCUT2D eigenvalue weighted by atomic mass is 10.6. The summed E-state index contributed by atoms with van der Waals surface area (Å²) in [6.07, 6.45) is 14.5. The fourth-order valence-corrected chi connectivity index (χ4v) is 26.3. The zero-order valence-electron chi connectivity index (χ0n) is 10.7. The van der Waals surface area contributed by atoms with Crippen molar-refractivity contribution in [2.75, 3.05) is 0 Å². The molecule has 0 atom stereocenters. The van der Waals surface area contributed by atoms with E-state index in [1.165, 1.54) is 36.3 Å². The smallest absolute Gasteiger partial charge is 0.197 e. The van der Waals surface area contributed by atoms with Crippen molar-refractivity contribution in [2.45, 2.75) is 36.3 Å². The van der Waals surface area contributed by atoms with Gasteiger partial charge in [0.25, 0.3) is 0 Å². The van der Waals surface area contributed by atoms with Gasteiger partial charge in [-0.1, -0.05) is 36.5 Å². The van der Waals surface area contributed by atoms with E-state index in [0.717, 1.165) is 0 Å². The highest BCUT2D eigenvalue weighted by Crippen LogP contribution is 2.34. The first-order chi connectivity index (χ1) is 8.74. The topological polar surface area (TPSA) is 36.1 Å². The Kier molecular flexibility index (Phi) is 2.49. The SMILES string of the molecule is C1=CC[Si]2(C1)N[Si]1(CC=CC1)N[Si]1(CC=CC1)N2. The first-order valence-corrected chi connectivity index (χ1v) is 14.3. The first kappa shape index (κ1) is 11.6. The zero-order valence-corrected chi connectivity index (χ0v) is 13.7. The van der Waals surface area contributed by atoms with Gasteiger partial charge in [-0.05, 0) is 36.3 Å². The maximum atomic E-state index is 4.19. The maximum absolute atomic E-state index is 4.19. The predicted octanol–water partition coefficient (Wildman–Crippen LogP) is 1.80. The Labute approximate surface area is 112 Å². The third kappa shape index (κ3) is 1.71. The second-order valence-corrected chi connectivity index (χ2v) is 18.2. The number of allylic oxidation sites excluding steroid dienone is 6. The van der Waals surface area contributed by atoms with Gasteiger partial charge in [0.05, 0.1) is 0 Å². The highest BCUT2D eigenvalue weighted by Gasteiger charge is 2.57. The molecule has 0 saturated carbocycles. The van der Waals surface area contributed by atoms with Crippen LogP contribution in [0.25, 0.3) is 0 Å². The van der Waals surface area contributed by atoms with E-state index in [4.69, 9.17) is 0 Å². The van der Waals surface area contributed by atoms with Crippen molar-refractivity contribution in [1.82, 2.24) is 13.9 Å². The molecule has 18 heavy (non-hydrogen) atoms. The molecular weight excluding hydrogens is 270 g/mol. The van der Waals surface area contributed by atoms with Gasteiger partial charge < -0.3 is 13.9 Å². The molecule has 1 saturated heterocycles. The van der Waals surface area contributed by atoms with Crippen LogP contribution < -0.4 is 13.9 Å². The normalized spacial score (nSPS) is 33.3. The molecule has 3 N–H and O–H groups in total. The molecule has 0 aromatic carbocycles. The van der Waals surface area contributed by atoms with Gasteiger partial charge in [0, 0.05) is 0 Å². The average Bonchev–Trinajstić information content (AvgIpc) is 3.03. The van der Waals surface area contributed by atoms with Crippen LogP contribution in [-0.2, 0) is 0 Å². The first-order valence-electron chi connectivity index (χ1n) is 7.07. The van der Waals surface area contributed by atoms with Crippen LogP contribution in [0.5, 0.6) is 0 Å². The molecule has 0 radical (unpaired) electrons. The van der Waals surface area contributed by atoms with E-state index in [1.807, 2.05) is 0 Å². The Morgan fingerprint density at radius 1 is 0.444 bits per heavy atom. The third-order valence-corrected chi connectivity index (χ3v) is 21.8. The minimum atomic E-state index is -1.42. The Morgan fingerprint density at radius 2 is 0.667 bits per heavy atom. The molecule has 4 rings (SSSR count). The van der Waals surface area contributed by atoms with Crippen LogP contribution in [0.15, 0.2) is 36.5 Å². The maximum Gasteiger partial charge on any atom is 0.197 e. The molecule has 1 fully saturated rings. The molecule has 0 aliphatic carbocycles. The van der Waals surface area contributed by atoms with Crippen molar-refractivity contribution in [1.29, 1.82) is 0 Å². The van der Waals surface area contributed by atoms with E-state index < -0.39 is 25.2 Å². The number of hydrogen-bond acceptors (Lipinski definition) is 3. The van der Waals surface area contributed by atoms with Crippen LogP contribution in [-0.4, -0.2) is 25.2 Å². The molecule has 0 bridgehead atoms. The van der Waals surface area contributed by atoms with Crippen molar-refractivity contribution in [2.24, 2.45) is 0 Å². The molecule has 3 spiro atoms. The largest absolute Gasteiger partial charge is 0.335 e. The van der Waals surface area contributed by atoms with Crippen LogP contribution in [0.4, 0.5) is 0 Å². The summed E-state index contributed by atoms with van der Waals surface area (Å²) >= 11 is 0. The van der Waals surface area contributed by atoms with E-state index in [2.05, 4.69) is 50.4 Å². The summed E-state index contributed by atoms with van der Waals surface area (Å²) in [7, 11) is -4.27. The van der Waals surface area contributed by atoms with Crippen LogP contribution in [0, 0.1) is 0 Å². The minimum absolute atomic E-state index is 1.30. The zero-order chi connectivity index (χ0) is 12.1. The van der Waals surface area contributed by atoms with Gasteiger partial charge in [0.15, 0.2) is 25.2 Å². The fourth-order valence-electron chi connectivity index (χ4n) is 4.04. The van der Waals surface area contributed by atoms with Crippen molar-refractivity contribution >= 4 is 25.2 Å². The minimum Gasteiger partial charge on any atom is -0.335 e. The van der Waals surface area contributed by atoms with Gasteiger partial charge in [-0.2, -0.15) is 0 Å². The lowest BCUT2D eigenvalue weighted by Crippen LogP contribution is -2.90. The Bertz CT molecular complexity index is 355. The monoisotopic (exact) mass is 291 g/mol. The molecule has 0 aromatic rings. The quantitative estimate of drug-likeness (QED) is 0.470. The molecule has 4 heterocycles. The molecular formula is C12H21N3Si3. The fraction of sp³-hybridized carbons (Fsp3) is 0.500. The Morgan fingerprint density at radius 3 is 0.889 bits per heavy atom. The number of rotatable bonds is 0. The predicted molar refractivity (Wildman–Crippen MR) is 82.9 cm³/mol. The van der Waals surface area contributed by atoms with E-state index in [0.29, 0.717) is 0 Å². The van der Waals surface area contributed by atoms with Gasteiger partial charge in [0.1, 0.15) is 0 Å². The molecule has 96 valence electrons. The Balaban J connectivity index is 1.67. The van der Waals surface area contributed by atoms with Gasteiger partial charge in [-0.3, -0.25) is 0 Å². The number of nitrogens with one attached hydrogen (secondary N) is 3. The van der Waals surface area contributed by atoms with Gasteiger partial charge in [0.2, 0.25) is 0 Å². The summed E-state index contributed by atoms with van der Waals surface area (Å²) in [6, 6.07) is 7.82. The molecule has 3 nitrogen and oxygen atoms in total. The lowest BCUT2D eigenvalue weighted by molar-refractivity contribution is 0.982. The van der Waals surface area contributed by atoms with Crippen molar-refractivity contribution in [3.05, 3.63) is 36.5 Å². The van der Waals surface area contributed by atoms with Crippen molar-refractivity contribution < 1.29 is 0 Å². The number of hydrogen-bond donors (Lipinski definition) is 3. The van der Waals surface area contributed by atoms with E-state index in [1.54, 1.807) is 0 Å². The van der Waals surface area contributed by atoms with Crippen LogP contribution >= 0.6 is 0 Å². The van der Waals surface area contributed by atoms with Crippen LogP contribution in [0.2, 0.25) is 36.3 Å². The molecule has 0 aromatic heterocycles. The van der Waals surface area contributed by atoms with E-state index in [9.17, 15) is 0 Å². The standard InChI is InChI=1S/C12H21N3Si3/c1-2-8-16(7-1)13-17(9-3-4-10-17)15-18(14-16)11-5-6-12-18/h1-6,13-15H,7-12H2. The third-order valence-electron chi connectivity index (χ3n) is 4.73. The highest BCUT2D eigenvalue weighted by atomic mass is 28.5. The summed E-state index contributed by atoms with van der Waals surface area (Å²) < 4.78 is 12.6. The Hall–Kier alpha value is -0.249. The van der Waals surface area contributed by atoms with Crippen molar-refractivity contribution in [3.63, 3.8) is 0 Å². The molecule has 4 aliphatic rings. The van der Waals surface area contributed by atoms with Crippen molar-refractivity contribution in [3.8, 4) is 0 Å². The molecule has 6 heteroatoms. The van der Waals surface area contributed by atoms with E-state index in [-0.39, 0.29) is 0 Å². The van der Waals surface area contributed by atoms with Crippen LogP contribution in [0.1, 0.15) is 0 Å². The second-order valence-electron chi connectivity index (χ2n) is 6.26. The van der Waals surface area contributed by atoms with E-state index >= 15 is 0 Å². The summed E-state index contributed by atoms with van der Waals surface area (Å²) in [5.41, 5.74) is 0. The molecule has 4 aliphatic heterocycles. The van der Waals surface area contributed by atoms with Gasteiger partial charge >= 0.3 is 0 Å². The summed E-state index contributed by atoms with van der Waals surface area (Å²) in [5, 5.41) is 0. The van der Waals surface area contributed by atoms with Gasteiger partial charge in [-0.25, -0.2) is 0 Å². The lowest BCUT2D eigenvalue weighted by Gasteiger charge is -2.53. The van der Waals surface area contributed by atoms with Crippen LogP contribution in [0.3, 0.4) is 0 Å². The second kappa shape index (κ2) is 3.87. The summed E-state index contributed by atoms with van der Waals surface area (Å²) in [6.45, 7) is 0. The average molecular weight is 292 g/mol. The molecule has 0 amide bonds. The van der Waals surface area contributed by atoms with Gasteiger partial charge in [-0.15, -0.1) is 0 Å². The highest BCUT2D eigenvalue weighted by molar-refractivity contribution is 7.08.